The molecule has 1 aliphatic heterocycles. The fourth-order valence-corrected chi connectivity index (χ4v) is 3.37. The molecule has 0 aliphatic carbocycles. The number of nitrogens with two attached hydrogens (primary N) is 1. The summed E-state index contributed by atoms with van der Waals surface area (Å²) in [5, 5.41) is 5.08. The summed E-state index contributed by atoms with van der Waals surface area (Å²) in [7, 11) is 1.70. The van der Waals surface area contributed by atoms with Crippen LogP contribution in [0.15, 0.2) is 11.4 Å². The Balaban J connectivity index is 1.86. The number of anilines is 1. The molecule has 1 saturated heterocycles. The quantitative estimate of drug-likeness (QED) is 0.752. The second-order valence-corrected chi connectivity index (χ2v) is 6.48. The highest BCUT2D eigenvalue weighted by Crippen LogP contribution is 2.23. The number of primary amides is 1. The summed E-state index contributed by atoms with van der Waals surface area (Å²) in [5.74, 6) is -0.638. The maximum Gasteiger partial charge on any atom is 0.251 e. The fraction of sp³-hybridized carbons (Fsp3) is 0.600. The van der Waals surface area contributed by atoms with Gasteiger partial charge in [-0.25, -0.2) is 0 Å². The van der Waals surface area contributed by atoms with Crippen LogP contribution in [0, 0.1) is 0 Å². The summed E-state index contributed by atoms with van der Waals surface area (Å²) < 4.78 is 5.09. The minimum Gasteiger partial charge on any atom is -0.383 e. The first kappa shape index (κ1) is 17.9. The molecule has 0 bridgehead atoms. The molecule has 2 amide bonds. The summed E-state index contributed by atoms with van der Waals surface area (Å²) in [6, 6.07) is 1.38. The molecule has 3 N–H and O–H groups in total. The molecular weight excluding hydrogens is 316 g/mol. The molecule has 1 aliphatic rings. The van der Waals surface area contributed by atoms with Crippen molar-refractivity contribution in [3.05, 3.63) is 17.0 Å². The number of thiophene rings is 1. The monoisotopic (exact) mass is 340 g/mol. The number of hydrogen-bond acceptors (Lipinski definition) is 6. The Labute approximate surface area is 140 Å². The van der Waals surface area contributed by atoms with Crippen molar-refractivity contribution in [3.8, 4) is 0 Å². The van der Waals surface area contributed by atoms with Crippen LogP contribution in [0.25, 0.3) is 0 Å². The predicted octanol–water partition coefficient (Wildman–Crippen LogP) is 0.438. The molecule has 2 rings (SSSR count). The highest BCUT2D eigenvalue weighted by molar-refractivity contribution is 7.14. The lowest BCUT2D eigenvalue weighted by Gasteiger charge is -2.37. The fourth-order valence-electron chi connectivity index (χ4n) is 2.58. The summed E-state index contributed by atoms with van der Waals surface area (Å²) in [6.07, 6.45) is 0. The van der Waals surface area contributed by atoms with Crippen molar-refractivity contribution in [2.45, 2.75) is 13.0 Å². The van der Waals surface area contributed by atoms with Crippen LogP contribution < -0.4 is 11.1 Å². The van der Waals surface area contributed by atoms with Gasteiger partial charge in [0.05, 0.1) is 18.2 Å². The Morgan fingerprint density at radius 3 is 2.70 bits per heavy atom. The van der Waals surface area contributed by atoms with Gasteiger partial charge in [0.15, 0.2) is 0 Å². The van der Waals surface area contributed by atoms with Gasteiger partial charge < -0.3 is 15.8 Å². The Hall–Kier alpha value is -1.48. The van der Waals surface area contributed by atoms with Crippen LogP contribution in [0.4, 0.5) is 5.00 Å². The van der Waals surface area contributed by atoms with E-state index in [1.165, 1.54) is 11.3 Å². The SMILES string of the molecule is COCCN1CCN(C(C)C(=O)Nc2sccc2C(N)=O)CC1. The van der Waals surface area contributed by atoms with Crippen molar-refractivity contribution in [1.82, 2.24) is 9.80 Å². The molecule has 8 heteroatoms. The van der Waals surface area contributed by atoms with Gasteiger partial charge in [0.25, 0.3) is 5.91 Å². The van der Waals surface area contributed by atoms with Gasteiger partial charge in [-0.3, -0.25) is 19.4 Å². The number of nitrogens with zero attached hydrogens (tertiary/aromatic N) is 2. The van der Waals surface area contributed by atoms with E-state index in [-0.39, 0.29) is 11.9 Å². The topological polar surface area (TPSA) is 87.9 Å². The Kier molecular flexibility index (Phi) is 6.52. The van der Waals surface area contributed by atoms with Crippen LogP contribution in [0.3, 0.4) is 0 Å². The van der Waals surface area contributed by atoms with Crippen LogP contribution in [0.2, 0.25) is 0 Å². The molecule has 0 radical (unpaired) electrons. The Morgan fingerprint density at radius 1 is 1.39 bits per heavy atom. The molecule has 0 aromatic carbocycles. The van der Waals surface area contributed by atoms with Crippen molar-refractivity contribution in [3.63, 3.8) is 0 Å². The zero-order valence-corrected chi connectivity index (χ0v) is 14.4. The van der Waals surface area contributed by atoms with Gasteiger partial charge in [-0.05, 0) is 18.4 Å². The maximum absolute atomic E-state index is 12.4. The number of rotatable bonds is 7. The molecule has 7 nitrogen and oxygen atoms in total. The van der Waals surface area contributed by atoms with E-state index in [4.69, 9.17) is 10.5 Å². The minimum absolute atomic E-state index is 0.111. The van der Waals surface area contributed by atoms with Crippen LogP contribution in [-0.4, -0.2) is 74.1 Å². The molecule has 1 aromatic rings. The molecular formula is C15H24N4O3S. The molecule has 2 heterocycles. The molecule has 1 aromatic heterocycles. The summed E-state index contributed by atoms with van der Waals surface area (Å²) >= 11 is 1.31. The van der Waals surface area contributed by atoms with E-state index in [2.05, 4.69) is 15.1 Å². The van der Waals surface area contributed by atoms with Gasteiger partial charge in [-0.1, -0.05) is 0 Å². The van der Waals surface area contributed by atoms with Crippen molar-refractivity contribution in [1.29, 1.82) is 0 Å². The lowest BCUT2D eigenvalue weighted by atomic mass is 10.2. The zero-order chi connectivity index (χ0) is 16.8. The molecule has 23 heavy (non-hydrogen) atoms. The number of hydrogen-bond donors (Lipinski definition) is 2. The summed E-state index contributed by atoms with van der Waals surface area (Å²) in [4.78, 5) is 28.2. The van der Waals surface area contributed by atoms with Crippen molar-refractivity contribution < 1.29 is 14.3 Å². The van der Waals surface area contributed by atoms with Crippen LogP contribution in [0.5, 0.6) is 0 Å². The number of methoxy groups -OCH3 is 1. The van der Waals surface area contributed by atoms with E-state index in [1.54, 1.807) is 18.6 Å². The van der Waals surface area contributed by atoms with Gasteiger partial charge in [0.1, 0.15) is 5.00 Å². The summed E-state index contributed by atoms with van der Waals surface area (Å²) in [5.41, 5.74) is 5.66. The largest absolute Gasteiger partial charge is 0.383 e. The van der Waals surface area contributed by atoms with E-state index in [0.29, 0.717) is 10.6 Å². The maximum atomic E-state index is 12.4. The normalized spacial score (nSPS) is 17.8. The first-order valence-corrected chi connectivity index (χ1v) is 8.54. The van der Waals surface area contributed by atoms with E-state index < -0.39 is 5.91 Å². The first-order chi connectivity index (χ1) is 11.0. The number of piperazine rings is 1. The van der Waals surface area contributed by atoms with E-state index >= 15 is 0 Å². The van der Waals surface area contributed by atoms with Crippen LogP contribution >= 0.6 is 11.3 Å². The van der Waals surface area contributed by atoms with Gasteiger partial charge in [0.2, 0.25) is 5.91 Å². The number of carbonyl (C=O) groups excluding carboxylic acids is 2. The van der Waals surface area contributed by atoms with Crippen molar-refractivity contribution in [2.24, 2.45) is 5.73 Å². The van der Waals surface area contributed by atoms with Crippen LogP contribution in [-0.2, 0) is 9.53 Å². The number of nitrogens with one attached hydrogen (secondary N) is 1. The van der Waals surface area contributed by atoms with Crippen molar-refractivity contribution >= 4 is 28.2 Å². The van der Waals surface area contributed by atoms with Gasteiger partial charge >= 0.3 is 0 Å². The minimum atomic E-state index is -0.527. The first-order valence-electron chi connectivity index (χ1n) is 7.66. The molecule has 0 spiro atoms. The molecule has 0 saturated carbocycles. The molecule has 1 unspecified atom stereocenters. The number of ether oxygens (including phenoxy) is 1. The average molecular weight is 340 g/mol. The van der Waals surface area contributed by atoms with Gasteiger partial charge in [-0.15, -0.1) is 11.3 Å². The van der Waals surface area contributed by atoms with E-state index in [0.717, 1.165) is 39.3 Å². The molecule has 1 fully saturated rings. The molecule has 1 atom stereocenters. The summed E-state index contributed by atoms with van der Waals surface area (Å²) in [6.45, 7) is 7.06. The molecule has 128 valence electrons. The Morgan fingerprint density at radius 2 is 2.09 bits per heavy atom. The number of carbonyl (C=O) groups is 2. The van der Waals surface area contributed by atoms with Gasteiger partial charge in [0, 0.05) is 39.8 Å². The number of amides is 2. The van der Waals surface area contributed by atoms with E-state index in [1.807, 2.05) is 6.92 Å². The predicted molar refractivity (Wildman–Crippen MR) is 90.8 cm³/mol. The zero-order valence-electron chi connectivity index (χ0n) is 13.6. The van der Waals surface area contributed by atoms with Crippen molar-refractivity contribution in [2.75, 3.05) is 51.8 Å². The third kappa shape index (κ3) is 4.74. The second kappa shape index (κ2) is 8.39. The lowest BCUT2D eigenvalue weighted by molar-refractivity contribution is -0.121. The highest BCUT2D eigenvalue weighted by atomic mass is 32.1. The third-order valence-corrected chi connectivity index (χ3v) is 4.94. The lowest BCUT2D eigenvalue weighted by Crippen LogP contribution is -2.53. The smallest absolute Gasteiger partial charge is 0.251 e. The van der Waals surface area contributed by atoms with Crippen LogP contribution in [0.1, 0.15) is 17.3 Å². The van der Waals surface area contributed by atoms with E-state index in [9.17, 15) is 9.59 Å². The van der Waals surface area contributed by atoms with Gasteiger partial charge in [-0.2, -0.15) is 0 Å². The standard InChI is InChI=1S/C15H24N4O3S/c1-11(19-6-4-18(5-7-19)8-9-22-2)14(21)17-15-12(13(16)20)3-10-23-15/h3,10-11H,4-9H2,1-2H3,(H2,16,20)(H,17,21). The third-order valence-electron chi connectivity index (χ3n) is 4.11. The highest BCUT2D eigenvalue weighted by Gasteiger charge is 2.26. The second-order valence-electron chi connectivity index (χ2n) is 5.56. The average Bonchev–Trinajstić information content (AvgIpc) is 3.01. The Bertz CT molecular complexity index is 541.